The summed E-state index contributed by atoms with van der Waals surface area (Å²) in [6.07, 6.45) is 7.30. The Bertz CT molecular complexity index is 879. The zero-order valence-electron chi connectivity index (χ0n) is 18.8. The van der Waals surface area contributed by atoms with E-state index in [0.717, 1.165) is 12.8 Å². The molecule has 4 nitrogen and oxygen atoms in total. The molecule has 0 aliphatic carbocycles. The van der Waals surface area contributed by atoms with Crippen LogP contribution in [0.1, 0.15) is 43.4 Å². The fourth-order valence-electron chi connectivity index (χ4n) is 4.32. The number of amides is 2. The number of likely N-dealkylation sites (tertiary alicyclic amines) is 1. The molecule has 0 spiro atoms. The number of aryl methyl sites for hydroxylation is 1. The van der Waals surface area contributed by atoms with Gasteiger partial charge >= 0.3 is 0 Å². The molecule has 0 unspecified atom stereocenters. The van der Waals surface area contributed by atoms with Crippen LogP contribution in [0.5, 0.6) is 0 Å². The molecule has 31 heavy (non-hydrogen) atoms. The van der Waals surface area contributed by atoms with Crippen molar-refractivity contribution in [1.82, 2.24) is 10.2 Å². The lowest BCUT2D eigenvalue weighted by Gasteiger charge is -2.40. The van der Waals surface area contributed by atoms with Gasteiger partial charge in [0.1, 0.15) is 0 Å². The SMILES string of the molecule is CC=CC(=O)N1CCC(Cc2ccccc2)(C(=O)NCCc2ccc(CC)cc2)CC1. The average Bonchev–Trinajstić information content (AvgIpc) is 2.80. The Morgan fingerprint density at radius 2 is 1.61 bits per heavy atom. The standard InChI is InChI=1S/C27H34N2O2/c1-3-8-25(30)29-19-16-27(17-20-29,21-24-9-6-5-7-10-24)26(31)28-18-15-23-13-11-22(4-2)12-14-23/h3,5-14H,4,15-21H2,1-2H3,(H,28,31). The molecule has 1 aliphatic rings. The van der Waals surface area contributed by atoms with Gasteiger partial charge in [-0.15, -0.1) is 0 Å². The highest BCUT2D eigenvalue weighted by molar-refractivity contribution is 5.88. The van der Waals surface area contributed by atoms with Gasteiger partial charge in [0.05, 0.1) is 5.41 Å². The van der Waals surface area contributed by atoms with Crippen LogP contribution < -0.4 is 5.32 Å². The molecule has 1 saturated heterocycles. The van der Waals surface area contributed by atoms with Crippen LogP contribution in [0.2, 0.25) is 0 Å². The number of hydrogen-bond acceptors (Lipinski definition) is 2. The Kier molecular flexibility index (Phi) is 8.05. The molecule has 0 saturated carbocycles. The molecule has 4 heteroatoms. The molecule has 3 rings (SSSR count). The summed E-state index contributed by atoms with van der Waals surface area (Å²) in [6, 6.07) is 18.8. The number of carbonyl (C=O) groups is 2. The Morgan fingerprint density at radius 3 is 2.23 bits per heavy atom. The van der Waals surface area contributed by atoms with Crippen molar-refractivity contribution in [3.05, 3.63) is 83.4 Å². The molecule has 2 amide bonds. The average molecular weight is 419 g/mol. The van der Waals surface area contributed by atoms with Crippen LogP contribution in [-0.2, 0) is 28.9 Å². The number of rotatable bonds is 8. The van der Waals surface area contributed by atoms with Crippen molar-refractivity contribution in [1.29, 1.82) is 0 Å². The summed E-state index contributed by atoms with van der Waals surface area (Å²) in [6.45, 7) is 5.86. The van der Waals surface area contributed by atoms with Gasteiger partial charge in [0.25, 0.3) is 0 Å². The predicted molar refractivity (Wildman–Crippen MR) is 126 cm³/mol. The third-order valence-corrected chi connectivity index (χ3v) is 6.34. The molecule has 0 bridgehead atoms. The summed E-state index contributed by atoms with van der Waals surface area (Å²) >= 11 is 0. The Balaban J connectivity index is 1.65. The van der Waals surface area contributed by atoms with E-state index in [-0.39, 0.29) is 11.8 Å². The second-order valence-corrected chi connectivity index (χ2v) is 8.44. The van der Waals surface area contributed by atoms with E-state index in [1.54, 1.807) is 12.2 Å². The lowest BCUT2D eigenvalue weighted by Crippen LogP contribution is -2.51. The van der Waals surface area contributed by atoms with Crippen LogP contribution in [0.25, 0.3) is 0 Å². The minimum Gasteiger partial charge on any atom is -0.355 e. The quantitative estimate of drug-likeness (QED) is 0.649. The van der Waals surface area contributed by atoms with Gasteiger partial charge in [-0.3, -0.25) is 9.59 Å². The van der Waals surface area contributed by atoms with Crippen LogP contribution in [0.15, 0.2) is 66.7 Å². The van der Waals surface area contributed by atoms with E-state index in [4.69, 9.17) is 0 Å². The van der Waals surface area contributed by atoms with Gasteiger partial charge in [-0.1, -0.05) is 67.6 Å². The number of benzene rings is 2. The van der Waals surface area contributed by atoms with E-state index in [0.29, 0.717) is 38.9 Å². The number of nitrogens with zero attached hydrogens (tertiary/aromatic N) is 1. The van der Waals surface area contributed by atoms with Gasteiger partial charge in [0, 0.05) is 19.6 Å². The van der Waals surface area contributed by atoms with Crippen molar-refractivity contribution < 1.29 is 9.59 Å². The molecule has 0 aromatic heterocycles. The molecule has 0 radical (unpaired) electrons. The number of piperidine rings is 1. The fourth-order valence-corrected chi connectivity index (χ4v) is 4.32. The van der Waals surface area contributed by atoms with Gasteiger partial charge < -0.3 is 10.2 Å². The normalized spacial score (nSPS) is 15.7. The first-order chi connectivity index (χ1) is 15.1. The highest BCUT2D eigenvalue weighted by atomic mass is 16.2. The minimum atomic E-state index is -0.472. The number of allylic oxidation sites excluding steroid dienone is 1. The first kappa shape index (κ1) is 22.8. The molecule has 2 aromatic rings. The molecular weight excluding hydrogens is 384 g/mol. The molecular formula is C27H34N2O2. The lowest BCUT2D eigenvalue weighted by molar-refractivity contribution is -0.138. The third-order valence-electron chi connectivity index (χ3n) is 6.34. The van der Waals surface area contributed by atoms with Gasteiger partial charge in [-0.25, -0.2) is 0 Å². The largest absolute Gasteiger partial charge is 0.355 e. The van der Waals surface area contributed by atoms with Crippen LogP contribution in [0, 0.1) is 5.41 Å². The van der Waals surface area contributed by atoms with Crippen LogP contribution in [0.3, 0.4) is 0 Å². The summed E-state index contributed by atoms with van der Waals surface area (Å²) in [4.78, 5) is 27.5. The first-order valence-electron chi connectivity index (χ1n) is 11.4. The van der Waals surface area contributed by atoms with Crippen molar-refractivity contribution in [3.8, 4) is 0 Å². The van der Waals surface area contributed by atoms with Gasteiger partial charge in [0.15, 0.2) is 0 Å². The molecule has 1 N–H and O–H groups in total. The molecule has 164 valence electrons. The summed E-state index contributed by atoms with van der Waals surface area (Å²) < 4.78 is 0. The lowest BCUT2D eigenvalue weighted by atomic mass is 9.73. The van der Waals surface area contributed by atoms with Crippen molar-refractivity contribution in [2.45, 2.75) is 46.0 Å². The summed E-state index contributed by atoms with van der Waals surface area (Å²) in [7, 11) is 0. The molecule has 2 aromatic carbocycles. The summed E-state index contributed by atoms with van der Waals surface area (Å²) in [5.41, 5.74) is 3.26. The minimum absolute atomic E-state index is 0.0340. The monoisotopic (exact) mass is 418 g/mol. The summed E-state index contributed by atoms with van der Waals surface area (Å²) in [5.74, 6) is 0.145. The fraction of sp³-hybridized carbons (Fsp3) is 0.407. The van der Waals surface area contributed by atoms with Crippen molar-refractivity contribution in [2.24, 2.45) is 5.41 Å². The smallest absolute Gasteiger partial charge is 0.246 e. The van der Waals surface area contributed by atoms with E-state index in [1.807, 2.05) is 30.0 Å². The van der Waals surface area contributed by atoms with E-state index < -0.39 is 5.41 Å². The zero-order chi connectivity index (χ0) is 22.1. The first-order valence-corrected chi connectivity index (χ1v) is 11.4. The predicted octanol–water partition coefficient (Wildman–Crippen LogP) is 4.34. The Hall–Kier alpha value is -2.88. The maximum absolute atomic E-state index is 13.4. The molecule has 1 heterocycles. The topological polar surface area (TPSA) is 49.4 Å². The molecule has 1 fully saturated rings. The van der Waals surface area contributed by atoms with Gasteiger partial charge in [-0.2, -0.15) is 0 Å². The molecule has 1 aliphatic heterocycles. The van der Waals surface area contributed by atoms with Crippen molar-refractivity contribution >= 4 is 11.8 Å². The maximum Gasteiger partial charge on any atom is 0.246 e. The Morgan fingerprint density at radius 1 is 0.968 bits per heavy atom. The van der Waals surface area contributed by atoms with E-state index >= 15 is 0 Å². The number of nitrogens with one attached hydrogen (secondary N) is 1. The summed E-state index contributed by atoms with van der Waals surface area (Å²) in [5, 5.41) is 3.20. The van der Waals surface area contributed by atoms with Crippen LogP contribution in [-0.4, -0.2) is 36.3 Å². The second-order valence-electron chi connectivity index (χ2n) is 8.44. The zero-order valence-corrected chi connectivity index (χ0v) is 18.8. The van der Waals surface area contributed by atoms with Gasteiger partial charge in [0.2, 0.25) is 11.8 Å². The van der Waals surface area contributed by atoms with Crippen molar-refractivity contribution in [3.63, 3.8) is 0 Å². The third kappa shape index (κ3) is 6.06. The Labute approximate surface area is 186 Å². The van der Waals surface area contributed by atoms with E-state index in [9.17, 15) is 9.59 Å². The van der Waals surface area contributed by atoms with E-state index in [2.05, 4.69) is 48.6 Å². The van der Waals surface area contributed by atoms with Crippen LogP contribution in [0.4, 0.5) is 0 Å². The van der Waals surface area contributed by atoms with Gasteiger partial charge in [-0.05, 0) is 61.8 Å². The van der Waals surface area contributed by atoms with Crippen LogP contribution >= 0.6 is 0 Å². The van der Waals surface area contributed by atoms with E-state index in [1.165, 1.54) is 16.7 Å². The maximum atomic E-state index is 13.4. The number of carbonyl (C=O) groups excluding carboxylic acids is 2. The highest BCUT2D eigenvalue weighted by Gasteiger charge is 2.41. The molecule has 0 atom stereocenters. The highest BCUT2D eigenvalue weighted by Crippen LogP contribution is 2.35. The second kappa shape index (κ2) is 10.9. The number of hydrogen-bond donors (Lipinski definition) is 1. The van der Waals surface area contributed by atoms with Crippen molar-refractivity contribution in [2.75, 3.05) is 19.6 Å².